The molecular formula is C27H31NO. The third kappa shape index (κ3) is 3.63. The molecule has 1 fully saturated rings. The summed E-state index contributed by atoms with van der Waals surface area (Å²) in [5.74, 6) is 0.176. The highest BCUT2D eigenvalue weighted by Crippen LogP contribution is 2.52. The van der Waals surface area contributed by atoms with Crippen LogP contribution in [0.4, 0.5) is 0 Å². The molecule has 0 bridgehead atoms. The molecule has 3 aromatic rings. The number of piperidine rings is 1. The highest BCUT2D eigenvalue weighted by atomic mass is 16.3. The van der Waals surface area contributed by atoms with Gasteiger partial charge in [0.05, 0.1) is 5.60 Å². The van der Waals surface area contributed by atoms with Crippen molar-refractivity contribution in [2.75, 3.05) is 7.05 Å². The molecule has 0 radical (unpaired) electrons. The first-order chi connectivity index (χ1) is 14.0. The molecule has 5 atom stereocenters. The van der Waals surface area contributed by atoms with Crippen molar-refractivity contribution in [3.05, 3.63) is 108 Å². The molecule has 1 unspecified atom stereocenters. The molecule has 0 aliphatic carbocycles. The van der Waals surface area contributed by atoms with E-state index in [4.69, 9.17) is 0 Å². The summed E-state index contributed by atoms with van der Waals surface area (Å²) in [6.45, 7) is 4.43. The Bertz CT molecular complexity index is 856. The molecule has 2 heteroatoms. The monoisotopic (exact) mass is 385 g/mol. The zero-order valence-electron chi connectivity index (χ0n) is 17.6. The number of rotatable bonds is 4. The second-order valence-electron chi connectivity index (χ2n) is 8.61. The van der Waals surface area contributed by atoms with Crippen LogP contribution in [-0.4, -0.2) is 22.7 Å². The highest BCUT2D eigenvalue weighted by molar-refractivity contribution is 5.29. The molecule has 0 amide bonds. The molecule has 29 heavy (non-hydrogen) atoms. The smallest absolute Gasteiger partial charge is 0.0775 e. The first kappa shape index (κ1) is 19.9. The van der Waals surface area contributed by atoms with E-state index in [1.807, 2.05) is 6.07 Å². The average Bonchev–Trinajstić information content (AvgIpc) is 2.75. The predicted octanol–water partition coefficient (Wildman–Crippen LogP) is 5.66. The summed E-state index contributed by atoms with van der Waals surface area (Å²) in [5.41, 5.74) is 2.91. The van der Waals surface area contributed by atoms with E-state index < -0.39 is 5.60 Å². The van der Waals surface area contributed by atoms with Gasteiger partial charge in [-0.3, -0.25) is 4.90 Å². The molecule has 0 spiro atoms. The van der Waals surface area contributed by atoms with Gasteiger partial charge in [-0.05, 0) is 23.7 Å². The predicted molar refractivity (Wildman–Crippen MR) is 120 cm³/mol. The minimum absolute atomic E-state index is 0.0880. The minimum atomic E-state index is -0.811. The molecule has 0 saturated carbocycles. The van der Waals surface area contributed by atoms with Crippen molar-refractivity contribution in [3.8, 4) is 0 Å². The van der Waals surface area contributed by atoms with Crippen molar-refractivity contribution < 1.29 is 5.11 Å². The number of likely N-dealkylation sites (tertiary alicyclic amines) is 1. The molecule has 1 saturated heterocycles. The van der Waals surface area contributed by atoms with Crippen molar-refractivity contribution in [1.82, 2.24) is 4.90 Å². The second-order valence-corrected chi connectivity index (χ2v) is 8.61. The molecule has 1 aliphatic rings. The van der Waals surface area contributed by atoms with Crippen molar-refractivity contribution in [1.29, 1.82) is 0 Å². The molecule has 1 aliphatic heterocycles. The van der Waals surface area contributed by atoms with Crippen LogP contribution >= 0.6 is 0 Å². The fourth-order valence-corrected chi connectivity index (χ4v) is 5.43. The van der Waals surface area contributed by atoms with E-state index in [1.54, 1.807) is 0 Å². The van der Waals surface area contributed by atoms with E-state index in [0.29, 0.717) is 6.42 Å². The van der Waals surface area contributed by atoms with Gasteiger partial charge in [-0.1, -0.05) is 105 Å². The first-order valence-corrected chi connectivity index (χ1v) is 10.6. The maximum atomic E-state index is 12.2. The summed E-state index contributed by atoms with van der Waals surface area (Å²) >= 11 is 0. The van der Waals surface area contributed by atoms with Crippen LogP contribution in [0, 0.1) is 11.8 Å². The van der Waals surface area contributed by atoms with Crippen LogP contribution in [0.1, 0.15) is 42.6 Å². The Morgan fingerprint density at radius 2 is 1.07 bits per heavy atom. The van der Waals surface area contributed by atoms with Crippen molar-refractivity contribution in [3.63, 3.8) is 0 Å². The zero-order chi connectivity index (χ0) is 20.4. The Morgan fingerprint density at radius 3 is 1.48 bits per heavy atom. The van der Waals surface area contributed by atoms with Crippen LogP contribution in [0.3, 0.4) is 0 Å². The van der Waals surface area contributed by atoms with E-state index in [-0.39, 0.29) is 23.9 Å². The molecule has 3 aromatic carbocycles. The molecule has 4 rings (SSSR count). The van der Waals surface area contributed by atoms with Gasteiger partial charge in [0.25, 0.3) is 0 Å². The summed E-state index contributed by atoms with van der Waals surface area (Å²) in [6.07, 6.45) is 0.663. The number of benzene rings is 3. The maximum Gasteiger partial charge on any atom is 0.0775 e. The molecule has 0 aromatic heterocycles. The number of nitrogens with zero attached hydrogens (tertiary/aromatic N) is 1. The third-order valence-corrected chi connectivity index (χ3v) is 7.01. The Morgan fingerprint density at radius 1 is 0.690 bits per heavy atom. The summed E-state index contributed by atoms with van der Waals surface area (Å²) in [5, 5.41) is 12.2. The summed E-state index contributed by atoms with van der Waals surface area (Å²) in [7, 11) is 2.21. The number of hydrogen-bond acceptors (Lipinski definition) is 2. The fraction of sp³-hybridized carbons (Fsp3) is 0.333. The van der Waals surface area contributed by atoms with E-state index in [2.05, 4.69) is 111 Å². The quantitative estimate of drug-likeness (QED) is 0.626. The second kappa shape index (κ2) is 8.14. The zero-order valence-corrected chi connectivity index (χ0v) is 17.6. The Hall–Kier alpha value is -2.42. The van der Waals surface area contributed by atoms with Gasteiger partial charge in [-0.25, -0.2) is 0 Å². The molecular weight excluding hydrogens is 354 g/mol. The Balaban J connectivity index is 1.81. The van der Waals surface area contributed by atoms with Crippen LogP contribution in [0.2, 0.25) is 0 Å². The van der Waals surface area contributed by atoms with Crippen molar-refractivity contribution in [2.24, 2.45) is 11.8 Å². The van der Waals surface area contributed by atoms with E-state index >= 15 is 0 Å². The lowest BCUT2D eigenvalue weighted by molar-refractivity contribution is -0.154. The largest absolute Gasteiger partial charge is 0.389 e. The van der Waals surface area contributed by atoms with Crippen molar-refractivity contribution >= 4 is 0 Å². The minimum Gasteiger partial charge on any atom is -0.389 e. The SMILES string of the molecule is C[C@@H]1[C@H](c2ccccc2)N(C)[C@H](c2ccccc2)[C@H](C)C1(O)Cc1ccccc1. The molecule has 150 valence electrons. The summed E-state index contributed by atoms with van der Waals surface area (Å²) < 4.78 is 0. The van der Waals surface area contributed by atoms with Gasteiger partial charge >= 0.3 is 0 Å². The maximum absolute atomic E-state index is 12.2. The van der Waals surface area contributed by atoms with Gasteiger partial charge in [-0.15, -0.1) is 0 Å². The van der Waals surface area contributed by atoms with E-state index in [9.17, 15) is 5.11 Å². The lowest BCUT2D eigenvalue weighted by Gasteiger charge is -2.56. The topological polar surface area (TPSA) is 23.5 Å². The molecule has 1 heterocycles. The third-order valence-electron chi connectivity index (χ3n) is 7.01. The van der Waals surface area contributed by atoms with Crippen LogP contribution in [0.5, 0.6) is 0 Å². The Kier molecular flexibility index (Phi) is 5.58. The summed E-state index contributed by atoms with van der Waals surface area (Å²) in [4.78, 5) is 2.47. The fourth-order valence-electron chi connectivity index (χ4n) is 5.43. The average molecular weight is 386 g/mol. The van der Waals surface area contributed by atoms with Crippen molar-refractivity contribution in [2.45, 2.75) is 38.0 Å². The van der Waals surface area contributed by atoms with E-state index in [0.717, 1.165) is 0 Å². The molecule has 1 N–H and O–H groups in total. The lowest BCUT2D eigenvalue weighted by atomic mass is 9.63. The normalized spacial score (nSPS) is 30.2. The van der Waals surface area contributed by atoms with Gasteiger partial charge in [-0.2, -0.15) is 0 Å². The number of aliphatic hydroxyl groups is 1. The lowest BCUT2D eigenvalue weighted by Crippen LogP contribution is -2.59. The first-order valence-electron chi connectivity index (χ1n) is 10.6. The van der Waals surface area contributed by atoms with Gasteiger partial charge in [0.15, 0.2) is 0 Å². The van der Waals surface area contributed by atoms with Gasteiger partial charge < -0.3 is 5.11 Å². The van der Waals surface area contributed by atoms with Crippen LogP contribution in [-0.2, 0) is 6.42 Å². The summed E-state index contributed by atoms with van der Waals surface area (Å²) in [6, 6.07) is 32.0. The van der Waals surface area contributed by atoms with Gasteiger partial charge in [0, 0.05) is 30.3 Å². The van der Waals surface area contributed by atoms with Gasteiger partial charge in [0.1, 0.15) is 0 Å². The van der Waals surface area contributed by atoms with Crippen LogP contribution < -0.4 is 0 Å². The molecule has 2 nitrogen and oxygen atoms in total. The Labute approximate surface area is 174 Å². The van der Waals surface area contributed by atoms with E-state index in [1.165, 1.54) is 16.7 Å². The van der Waals surface area contributed by atoms with Crippen LogP contribution in [0.25, 0.3) is 0 Å². The van der Waals surface area contributed by atoms with Gasteiger partial charge in [0.2, 0.25) is 0 Å². The number of hydrogen-bond donors (Lipinski definition) is 1. The van der Waals surface area contributed by atoms with Crippen LogP contribution in [0.15, 0.2) is 91.0 Å². The standard InChI is InChI=1S/C27H31NO/c1-20-25(23-15-9-5-10-16-23)28(3)26(24-17-11-6-12-18-24)21(2)27(20,29)19-22-13-7-4-8-14-22/h4-18,20-21,25-26,29H,19H2,1-3H3/t20-,21+,25-,26+,27?. The highest BCUT2D eigenvalue weighted by Gasteiger charge is 2.53.